The summed E-state index contributed by atoms with van der Waals surface area (Å²) < 4.78 is 31.0. The molecule has 0 spiro atoms. The molecule has 0 saturated carbocycles. The molecule has 18 heavy (non-hydrogen) atoms. The van der Waals surface area contributed by atoms with Crippen LogP contribution in [0.15, 0.2) is 18.2 Å². The molecule has 0 unspecified atom stereocenters. The van der Waals surface area contributed by atoms with Gasteiger partial charge >= 0.3 is 5.97 Å². The molecule has 0 aliphatic heterocycles. The maximum absolute atomic E-state index is 13.3. The number of hydrogen-bond donors (Lipinski definition) is 0. The van der Waals surface area contributed by atoms with Gasteiger partial charge in [0, 0.05) is 6.42 Å². The van der Waals surface area contributed by atoms with Crippen LogP contribution < -0.4 is 0 Å². The summed E-state index contributed by atoms with van der Waals surface area (Å²) in [4.78, 5) is 22.8. The zero-order valence-electron chi connectivity index (χ0n) is 10.2. The number of hydrogen-bond acceptors (Lipinski definition) is 3. The minimum absolute atomic E-state index is 0.146. The van der Waals surface area contributed by atoms with Crippen LogP contribution in [0.5, 0.6) is 0 Å². The second kappa shape index (κ2) is 6.23. The van der Waals surface area contributed by atoms with Crippen molar-refractivity contribution >= 4 is 11.8 Å². The molecular formula is C13H14F2O3. The maximum Gasteiger partial charge on any atom is 0.306 e. The van der Waals surface area contributed by atoms with Crippen LogP contribution in [-0.2, 0) is 9.53 Å². The molecule has 1 aromatic rings. The summed E-state index contributed by atoms with van der Waals surface area (Å²) >= 11 is 0. The number of carbonyl (C=O) groups is 2. The number of ether oxygens (including phenoxy) is 1. The van der Waals surface area contributed by atoms with Gasteiger partial charge in [-0.25, -0.2) is 8.78 Å². The van der Waals surface area contributed by atoms with Crippen molar-refractivity contribution in [3.8, 4) is 0 Å². The van der Waals surface area contributed by atoms with Gasteiger partial charge < -0.3 is 4.74 Å². The quantitative estimate of drug-likeness (QED) is 0.601. The molecule has 0 aromatic heterocycles. The van der Waals surface area contributed by atoms with E-state index >= 15 is 0 Å². The monoisotopic (exact) mass is 256 g/mol. The Kier molecular flexibility index (Phi) is 4.95. The average Bonchev–Trinajstić information content (AvgIpc) is 2.28. The predicted molar refractivity (Wildman–Crippen MR) is 61.2 cm³/mol. The third kappa shape index (κ3) is 4.24. The molecule has 3 nitrogen and oxygen atoms in total. The van der Waals surface area contributed by atoms with Gasteiger partial charge in [-0.1, -0.05) is 0 Å². The van der Waals surface area contributed by atoms with E-state index in [0.717, 1.165) is 18.2 Å². The van der Waals surface area contributed by atoms with Crippen LogP contribution in [0.4, 0.5) is 8.78 Å². The summed E-state index contributed by atoms with van der Waals surface area (Å²) in [6.07, 6.45) is -0.614. The van der Waals surface area contributed by atoms with Gasteiger partial charge in [0.05, 0.1) is 18.1 Å². The Bertz CT molecular complexity index is 456. The molecule has 0 radical (unpaired) electrons. The van der Waals surface area contributed by atoms with Crippen LogP contribution in [0.2, 0.25) is 0 Å². The standard InChI is InChI=1S/C13H14F2O3/c1-8(2)18-13(17)6-5-12(16)10-7-9(14)3-4-11(10)15/h3-4,7-8H,5-6H2,1-2H3. The van der Waals surface area contributed by atoms with Gasteiger partial charge in [-0.15, -0.1) is 0 Å². The second-order valence-corrected chi connectivity index (χ2v) is 4.09. The van der Waals surface area contributed by atoms with E-state index in [0.29, 0.717) is 0 Å². The van der Waals surface area contributed by atoms with E-state index in [-0.39, 0.29) is 24.5 Å². The van der Waals surface area contributed by atoms with Crippen LogP contribution in [0.3, 0.4) is 0 Å². The summed E-state index contributed by atoms with van der Waals surface area (Å²) in [5, 5.41) is 0. The van der Waals surface area contributed by atoms with Gasteiger partial charge in [0.25, 0.3) is 0 Å². The highest BCUT2D eigenvalue weighted by Gasteiger charge is 2.15. The minimum Gasteiger partial charge on any atom is -0.463 e. The highest BCUT2D eigenvalue weighted by molar-refractivity contribution is 5.97. The van der Waals surface area contributed by atoms with E-state index in [1.165, 1.54) is 0 Å². The van der Waals surface area contributed by atoms with Crippen molar-refractivity contribution in [1.82, 2.24) is 0 Å². The van der Waals surface area contributed by atoms with Crippen molar-refractivity contribution in [2.24, 2.45) is 0 Å². The van der Waals surface area contributed by atoms with Crippen LogP contribution in [0.1, 0.15) is 37.0 Å². The first-order valence-corrected chi connectivity index (χ1v) is 5.58. The molecule has 0 N–H and O–H groups in total. The van der Waals surface area contributed by atoms with Crippen molar-refractivity contribution < 1.29 is 23.1 Å². The zero-order valence-corrected chi connectivity index (χ0v) is 10.2. The molecule has 0 bridgehead atoms. The molecule has 5 heteroatoms. The lowest BCUT2D eigenvalue weighted by atomic mass is 10.1. The van der Waals surface area contributed by atoms with Crippen LogP contribution in [-0.4, -0.2) is 17.9 Å². The van der Waals surface area contributed by atoms with Crippen molar-refractivity contribution in [3.05, 3.63) is 35.4 Å². The molecule has 1 aromatic carbocycles. The molecule has 0 aliphatic carbocycles. The first kappa shape index (κ1) is 14.3. The van der Waals surface area contributed by atoms with Crippen molar-refractivity contribution in [2.75, 3.05) is 0 Å². The number of benzene rings is 1. The number of ketones is 1. The number of Topliss-reactive ketones (excluding diaryl/α,β-unsaturated/α-hetero) is 1. The topological polar surface area (TPSA) is 43.4 Å². The summed E-state index contributed by atoms with van der Waals surface area (Å²) in [6.45, 7) is 3.37. The van der Waals surface area contributed by atoms with Crippen LogP contribution in [0.25, 0.3) is 0 Å². The summed E-state index contributed by atoms with van der Waals surface area (Å²) in [6, 6.07) is 2.64. The van der Waals surface area contributed by atoms with Gasteiger partial charge in [-0.05, 0) is 32.0 Å². The molecule has 0 aliphatic rings. The van der Waals surface area contributed by atoms with E-state index in [9.17, 15) is 18.4 Å². The molecule has 0 heterocycles. The van der Waals surface area contributed by atoms with Crippen LogP contribution in [0, 0.1) is 11.6 Å². The fraction of sp³-hybridized carbons (Fsp3) is 0.385. The maximum atomic E-state index is 13.3. The second-order valence-electron chi connectivity index (χ2n) is 4.09. The number of esters is 1. The van der Waals surface area contributed by atoms with Gasteiger partial charge in [-0.3, -0.25) is 9.59 Å². The van der Waals surface area contributed by atoms with Gasteiger partial charge in [0.1, 0.15) is 11.6 Å². The summed E-state index contributed by atoms with van der Waals surface area (Å²) in [7, 11) is 0. The Morgan fingerprint density at radius 2 is 1.89 bits per heavy atom. The smallest absolute Gasteiger partial charge is 0.306 e. The highest BCUT2D eigenvalue weighted by Crippen LogP contribution is 2.13. The van der Waals surface area contributed by atoms with E-state index in [4.69, 9.17) is 4.74 Å². The average molecular weight is 256 g/mol. The van der Waals surface area contributed by atoms with Gasteiger partial charge in [0.2, 0.25) is 0 Å². The van der Waals surface area contributed by atoms with E-state index in [2.05, 4.69) is 0 Å². The van der Waals surface area contributed by atoms with Gasteiger partial charge in [-0.2, -0.15) is 0 Å². The van der Waals surface area contributed by atoms with E-state index in [1.807, 2.05) is 0 Å². The molecular weight excluding hydrogens is 242 g/mol. The number of halogens is 2. The molecule has 0 amide bonds. The highest BCUT2D eigenvalue weighted by atomic mass is 19.1. The molecule has 98 valence electrons. The first-order valence-electron chi connectivity index (χ1n) is 5.58. The van der Waals surface area contributed by atoms with E-state index in [1.54, 1.807) is 13.8 Å². The van der Waals surface area contributed by atoms with Crippen molar-refractivity contribution in [2.45, 2.75) is 32.8 Å². The first-order chi connectivity index (χ1) is 8.40. The van der Waals surface area contributed by atoms with Gasteiger partial charge in [0.15, 0.2) is 5.78 Å². The predicted octanol–water partition coefficient (Wildman–Crippen LogP) is 2.88. The molecule has 0 atom stereocenters. The number of carbonyl (C=O) groups excluding carboxylic acids is 2. The Balaban J connectivity index is 2.60. The lowest BCUT2D eigenvalue weighted by molar-refractivity contribution is -0.147. The third-order valence-corrected chi connectivity index (χ3v) is 2.15. The number of rotatable bonds is 5. The Labute approximate surface area is 104 Å². The SMILES string of the molecule is CC(C)OC(=O)CCC(=O)c1cc(F)ccc1F. The minimum atomic E-state index is -0.793. The molecule has 0 saturated heterocycles. The summed E-state index contributed by atoms with van der Waals surface area (Å²) in [5.74, 6) is -2.63. The summed E-state index contributed by atoms with van der Waals surface area (Å²) in [5.41, 5.74) is -0.340. The van der Waals surface area contributed by atoms with E-state index < -0.39 is 23.4 Å². The lowest BCUT2D eigenvalue weighted by Gasteiger charge is -2.07. The Morgan fingerprint density at radius 3 is 2.50 bits per heavy atom. The molecule has 1 rings (SSSR count). The zero-order chi connectivity index (χ0) is 13.7. The van der Waals surface area contributed by atoms with Crippen LogP contribution >= 0.6 is 0 Å². The fourth-order valence-corrected chi connectivity index (χ4v) is 1.38. The largest absolute Gasteiger partial charge is 0.463 e. The lowest BCUT2D eigenvalue weighted by Crippen LogP contribution is -2.13. The van der Waals surface area contributed by atoms with Crippen molar-refractivity contribution in [3.63, 3.8) is 0 Å². The third-order valence-electron chi connectivity index (χ3n) is 2.15. The Morgan fingerprint density at radius 1 is 1.22 bits per heavy atom. The molecule has 0 fully saturated rings. The van der Waals surface area contributed by atoms with Crippen molar-refractivity contribution in [1.29, 1.82) is 0 Å². The Hall–Kier alpha value is -1.78. The normalized spacial score (nSPS) is 10.5. The fourth-order valence-electron chi connectivity index (χ4n) is 1.38.